The predicted molar refractivity (Wildman–Crippen MR) is 141 cm³/mol. The molecule has 2 aromatic rings. The van der Waals surface area contributed by atoms with E-state index in [9.17, 15) is 18.8 Å². The van der Waals surface area contributed by atoms with Crippen LogP contribution < -0.4 is 14.8 Å². The van der Waals surface area contributed by atoms with Crippen molar-refractivity contribution in [1.29, 1.82) is 0 Å². The number of carbonyl (C=O) groups is 3. The summed E-state index contributed by atoms with van der Waals surface area (Å²) in [5.41, 5.74) is 1.50. The fraction of sp³-hybridized carbons (Fsp3) is 0.393. The van der Waals surface area contributed by atoms with Crippen LogP contribution >= 0.6 is 0 Å². The molecule has 0 radical (unpaired) electrons. The molecule has 0 aliphatic carbocycles. The molecule has 11 heteroatoms. The van der Waals surface area contributed by atoms with Crippen molar-refractivity contribution in [2.45, 2.75) is 13.0 Å². The van der Waals surface area contributed by atoms with Gasteiger partial charge < -0.3 is 24.4 Å². The van der Waals surface area contributed by atoms with Crippen molar-refractivity contribution in [3.8, 4) is 11.5 Å². The molecule has 0 spiro atoms. The molecule has 3 amide bonds. The molecule has 39 heavy (non-hydrogen) atoms. The lowest BCUT2D eigenvalue weighted by atomic mass is 9.94. The first-order valence-electron chi connectivity index (χ1n) is 12.7. The standard InChI is InChI=1S/C28H33FN4O6/c1-5-39-27(35)24-21(17-32-12-14-33(15-13-32)26(34)19-8-6-7-9-20(19)29)31(2)28(36)30-25(24)18-10-11-22(37-3)23(16-18)38-4/h6-11,16,25H,5,12-15,17H2,1-4H3,(H,30,36). The first-order valence-corrected chi connectivity index (χ1v) is 12.7. The number of hydrogen-bond acceptors (Lipinski definition) is 7. The predicted octanol–water partition coefficient (Wildman–Crippen LogP) is 2.81. The Labute approximate surface area is 226 Å². The maximum absolute atomic E-state index is 14.1. The van der Waals surface area contributed by atoms with Gasteiger partial charge in [0.1, 0.15) is 5.82 Å². The molecular weight excluding hydrogens is 507 g/mol. The van der Waals surface area contributed by atoms with E-state index < -0.39 is 17.8 Å². The average molecular weight is 541 g/mol. The number of carbonyl (C=O) groups excluding carboxylic acids is 3. The lowest BCUT2D eigenvalue weighted by Gasteiger charge is -2.39. The Balaban J connectivity index is 1.61. The third kappa shape index (κ3) is 5.83. The molecule has 208 valence electrons. The Bertz CT molecular complexity index is 1270. The molecule has 2 aromatic carbocycles. The normalized spacial score (nSPS) is 18.1. The van der Waals surface area contributed by atoms with Gasteiger partial charge in [-0.2, -0.15) is 0 Å². The van der Waals surface area contributed by atoms with Gasteiger partial charge in [0.05, 0.1) is 38.0 Å². The van der Waals surface area contributed by atoms with Gasteiger partial charge >= 0.3 is 12.0 Å². The topological polar surface area (TPSA) is 101 Å². The van der Waals surface area contributed by atoms with Crippen LogP contribution in [0, 0.1) is 5.82 Å². The molecule has 2 aliphatic heterocycles. The number of amides is 3. The van der Waals surface area contributed by atoms with Crippen molar-refractivity contribution in [3.05, 3.63) is 70.7 Å². The number of halogens is 1. The largest absolute Gasteiger partial charge is 0.493 e. The number of likely N-dealkylation sites (N-methyl/N-ethyl adjacent to an activating group) is 1. The quantitative estimate of drug-likeness (QED) is 0.514. The van der Waals surface area contributed by atoms with Gasteiger partial charge in [-0.25, -0.2) is 14.0 Å². The van der Waals surface area contributed by atoms with Gasteiger partial charge in [0.25, 0.3) is 5.91 Å². The van der Waals surface area contributed by atoms with Crippen LogP contribution in [-0.4, -0.2) is 93.2 Å². The summed E-state index contributed by atoms with van der Waals surface area (Å²) in [4.78, 5) is 44.2. The summed E-state index contributed by atoms with van der Waals surface area (Å²) in [6.07, 6.45) is 0. The van der Waals surface area contributed by atoms with E-state index in [1.165, 1.54) is 31.3 Å². The molecule has 1 fully saturated rings. The summed E-state index contributed by atoms with van der Waals surface area (Å²) < 4.78 is 30.3. The second-order valence-electron chi connectivity index (χ2n) is 9.18. The zero-order valence-corrected chi connectivity index (χ0v) is 22.5. The summed E-state index contributed by atoms with van der Waals surface area (Å²) in [6.45, 7) is 3.90. The third-order valence-corrected chi connectivity index (χ3v) is 6.95. The molecule has 0 saturated carbocycles. The minimum atomic E-state index is -0.772. The molecule has 1 saturated heterocycles. The molecule has 0 bridgehead atoms. The molecule has 4 rings (SSSR count). The minimum Gasteiger partial charge on any atom is -0.493 e. The number of nitrogens with one attached hydrogen (secondary N) is 1. The number of urea groups is 1. The number of methoxy groups -OCH3 is 2. The number of benzene rings is 2. The summed E-state index contributed by atoms with van der Waals surface area (Å²) in [5.74, 6) is -0.464. The first-order chi connectivity index (χ1) is 18.8. The molecule has 1 N–H and O–H groups in total. The summed E-state index contributed by atoms with van der Waals surface area (Å²) >= 11 is 0. The molecular formula is C28H33FN4O6. The van der Waals surface area contributed by atoms with Crippen LogP contribution in [0.15, 0.2) is 53.7 Å². The molecule has 10 nitrogen and oxygen atoms in total. The van der Waals surface area contributed by atoms with Crippen molar-refractivity contribution in [2.24, 2.45) is 0 Å². The smallest absolute Gasteiger partial charge is 0.338 e. The number of nitrogens with zero attached hydrogens (tertiary/aromatic N) is 3. The van der Waals surface area contributed by atoms with E-state index in [4.69, 9.17) is 14.2 Å². The number of piperazine rings is 1. The van der Waals surface area contributed by atoms with E-state index in [0.717, 1.165) is 0 Å². The Kier molecular flexibility index (Phi) is 8.70. The van der Waals surface area contributed by atoms with E-state index in [1.807, 2.05) is 0 Å². The Morgan fingerprint density at radius 2 is 1.72 bits per heavy atom. The highest BCUT2D eigenvalue weighted by Crippen LogP contribution is 2.36. The molecule has 1 unspecified atom stereocenters. The second kappa shape index (κ2) is 12.2. The molecule has 2 aliphatic rings. The Morgan fingerprint density at radius 3 is 2.36 bits per heavy atom. The molecule has 0 aromatic heterocycles. The zero-order valence-electron chi connectivity index (χ0n) is 22.5. The Hall–Kier alpha value is -4.12. The SMILES string of the molecule is CCOC(=O)C1=C(CN2CCN(C(=O)c3ccccc3F)CC2)N(C)C(=O)NC1c1ccc(OC)c(OC)c1. The van der Waals surface area contributed by atoms with E-state index in [2.05, 4.69) is 10.2 Å². The number of esters is 1. The third-order valence-electron chi connectivity index (χ3n) is 6.95. The number of hydrogen-bond donors (Lipinski definition) is 1. The van der Waals surface area contributed by atoms with Crippen molar-refractivity contribution in [2.75, 3.05) is 60.6 Å². The summed E-state index contributed by atoms with van der Waals surface area (Å²) in [5, 5.41) is 2.90. The van der Waals surface area contributed by atoms with Crippen LogP contribution in [0.4, 0.5) is 9.18 Å². The van der Waals surface area contributed by atoms with Crippen molar-refractivity contribution < 1.29 is 33.0 Å². The van der Waals surface area contributed by atoms with Crippen LogP contribution in [0.3, 0.4) is 0 Å². The lowest BCUT2D eigenvalue weighted by Crippen LogP contribution is -2.53. The lowest BCUT2D eigenvalue weighted by molar-refractivity contribution is -0.139. The van der Waals surface area contributed by atoms with Gasteiger partial charge in [0.2, 0.25) is 0 Å². The van der Waals surface area contributed by atoms with Gasteiger partial charge in [-0.15, -0.1) is 0 Å². The number of ether oxygens (including phenoxy) is 3. The highest BCUT2D eigenvalue weighted by atomic mass is 19.1. The minimum absolute atomic E-state index is 0.0414. The van der Waals surface area contributed by atoms with E-state index >= 15 is 0 Å². The van der Waals surface area contributed by atoms with Crippen LogP contribution in [0.5, 0.6) is 11.5 Å². The van der Waals surface area contributed by atoms with Gasteiger partial charge in [-0.05, 0) is 36.8 Å². The van der Waals surface area contributed by atoms with Gasteiger partial charge in [-0.3, -0.25) is 14.6 Å². The van der Waals surface area contributed by atoms with Gasteiger partial charge in [0.15, 0.2) is 11.5 Å². The van der Waals surface area contributed by atoms with Crippen molar-refractivity contribution in [3.63, 3.8) is 0 Å². The maximum atomic E-state index is 14.1. The number of rotatable bonds is 8. The molecule has 1 atom stereocenters. The fourth-order valence-corrected chi connectivity index (χ4v) is 4.81. The van der Waals surface area contributed by atoms with Crippen molar-refractivity contribution in [1.82, 2.24) is 20.0 Å². The van der Waals surface area contributed by atoms with E-state index in [-0.39, 0.29) is 30.7 Å². The van der Waals surface area contributed by atoms with Crippen LogP contribution in [-0.2, 0) is 9.53 Å². The first kappa shape index (κ1) is 27.9. The van der Waals surface area contributed by atoms with E-state index in [0.29, 0.717) is 54.5 Å². The van der Waals surface area contributed by atoms with Crippen LogP contribution in [0.25, 0.3) is 0 Å². The second-order valence-corrected chi connectivity index (χ2v) is 9.18. The highest BCUT2D eigenvalue weighted by Gasteiger charge is 2.38. The van der Waals surface area contributed by atoms with E-state index in [1.54, 1.807) is 49.2 Å². The van der Waals surface area contributed by atoms with Gasteiger partial charge in [0, 0.05) is 45.5 Å². The maximum Gasteiger partial charge on any atom is 0.338 e. The monoisotopic (exact) mass is 540 g/mol. The summed E-state index contributed by atoms with van der Waals surface area (Å²) in [7, 11) is 4.65. The van der Waals surface area contributed by atoms with Gasteiger partial charge in [-0.1, -0.05) is 18.2 Å². The Morgan fingerprint density at radius 1 is 1.03 bits per heavy atom. The van der Waals surface area contributed by atoms with Crippen molar-refractivity contribution >= 4 is 17.9 Å². The zero-order chi connectivity index (χ0) is 28.1. The van der Waals surface area contributed by atoms with Crippen LogP contribution in [0.1, 0.15) is 28.9 Å². The average Bonchev–Trinajstić information content (AvgIpc) is 2.95. The fourth-order valence-electron chi connectivity index (χ4n) is 4.81. The highest BCUT2D eigenvalue weighted by molar-refractivity contribution is 5.95. The molecule has 2 heterocycles. The van der Waals surface area contributed by atoms with Crippen LogP contribution in [0.2, 0.25) is 0 Å². The summed E-state index contributed by atoms with van der Waals surface area (Å²) in [6, 6.07) is 9.99.